The quantitative estimate of drug-likeness (QED) is 0.418. The van der Waals surface area contributed by atoms with Gasteiger partial charge >= 0.3 is 0 Å². The van der Waals surface area contributed by atoms with E-state index in [2.05, 4.69) is 0 Å². The molecule has 0 spiro atoms. The molecule has 0 saturated carbocycles. The molecule has 0 radical (unpaired) electrons. The predicted octanol–water partition coefficient (Wildman–Crippen LogP) is -0.0375. The summed E-state index contributed by atoms with van der Waals surface area (Å²) in [4.78, 5) is 0. The topological polar surface area (TPSA) is 26.0 Å². The van der Waals surface area contributed by atoms with Gasteiger partial charge < -0.3 is 5.73 Å². The summed E-state index contributed by atoms with van der Waals surface area (Å²) in [7, 11) is 0. The van der Waals surface area contributed by atoms with Crippen molar-refractivity contribution in [2.24, 2.45) is 5.73 Å². The van der Waals surface area contributed by atoms with Crippen LogP contribution in [0.1, 0.15) is 6.92 Å². The third-order valence-electron chi connectivity index (χ3n) is 0. The van der Waals surface area contributed by atoms with Gasteiger partial charge in [-0.3, -0.25) is 0 Å². The molecular formula is C2H7NTi. The molecule has 0 bridgehead atoms. The van der Waals surface area contributed by atoms with Gasteiger partial charge in [0.2, 0.25) is 0 Å². The standard InChI is InChI=1S/C2H7N.Ti/c1-2-3;/h2-3H2,1H3;. The molecule has 0 aromatic heterocycles. The summed E-state index contributed by atoms with van der Waals surface area (Å²) in [6, 6.07) is 0. The summed E-state index contributed by atoms with van der Waals surface area (Å²) in [5.74, 6) is 0. The molecule has 0 aliphatic heterocycles. The van der Waals surface area contributed by atoms with E-state index in [0.717, 1.165) is 6.54 Å². The first-order chi connectivity index (χ1) is 1.41. The number of nitrogens with two attached hydrogens (primary N) is 1. The zero-order valence-electron chi connectivity index (χ0n) is 2.78. The van der Waals surface area contributed by atoms with Gasteiger partial charge in [-0.05, 0) is 6.54 Å². The molecular weight excluding hydrogens is 85.9 g/mol. The summed E-state index contributed by atoms with van der Waals surface area (Å²) >= 11 is 0. The van der Waals surface area contributed by atoms with Gasteiger partial charge in [-0.1, -0.05) is 6.92 Å². The van der Waals surface area contributed by atoms with Gasteiger partial charge in [0.05, 0.1) is 0 Å². The Bertz CT molecular complexity index is 6.00. The molecule has 0 atom stereocenters. The molecule has 0 rings (SSSR count). The molecule has 0 heterocycles. The van der Waals surface area contributed by atoms with Crippen molar-refractivity contribution in [3.8, 4) is 0 Å². The van der Waals surface area contributed by atoms with Crippen molar-refractivity contribution >= 4 is 0 Å². The second-order valence-corrected chi connectivity index (χ2v) is 0.408. The second-order valence-electron chi connectivity index (χ2n) is 0.408. The SMILES string of the molecule is CCN.[Ti]. The molecule has 1 nitrogen and oxygen atoms in total. The van der Waals surface area contributed by atoms with E-state index >= 15 is 0 Å². The molecule has 0 amide bonds. The fraction of sp³-hybridized carbons (Fsp3) is 1.00. The summed E-state index contributed by atoms with van der Waals surface area (Å²) in [6.45, 7) is 2.65. The molecule has 0 aliphatic carbocycles. The van der Waals surface area contributed by atoms with Crippen LogP contribution in [0.4, 0.5) is 0 Å². The summed E-state index contributed by atoms with van der Waals surface area (Å²) < 4.78 is 0. The zero-order chi connectivity index (χ0) is 2.71. The smallest absolute Gasteiger partial charge is 0 e. The Morgan fingerprint density at radius 3 is 1.75 bits per heavy atom. The Kier molecular flexibility index (Phi) is 20.7. The number of rotatable bonds is 0. The van der Waals surface area contributed by atoms with E-state index in [-0.39, 0.29) is 21.7 Å². The molecule has 0 unspecified atom stereocenters. The first-order valence-corrected chi connectivity index (χ1v) is 1.12. The van der Waals surface area contributed by atoms with E-state index in [0.29, 0.717) is 0 Å². The van der Waals surface area contributed by atoms with Crippen LogP contribution in [0.2, 0.25) is 0 Å². The summed E-state index contributed by atoms with van der Waals surface area (Å²) in [5.41, 5.74) is 4.85. The maximum absolute atomic E-state index is 4.85. The number of hydrogen-bond acceptors (Lipinski definition) is 1. The van der Waals surface area contributed by atoms with Gasteiger partial charge in [-0.2, -0.15) is 0 Å². The molecule has 2 N–H and O–H groups in total. The first kappa shape index (κ1) is 8.82. The van der Waals surface area contributed by atoms with Crippen LogP contribution >= 0.6 is 0 Å². The van der Waals surface area contributed by atoms with Gasteiger partial charge in [0, 0.05) is 21.7 Å². The van der Waals surface area contributed by atoms with Gasteiger partial charge in [-0.15, -0.1) is 0 Å². The Hall–Kier alpha value is 0.674. The minimum Gasteiger partial charge on any atom is -0.331 e. The van der Waals surface area contributed by atoms with Crippen LogP contribution in [0.25, 0.3) is 0 Å². The van der Waals surface area contributed by atoms with Crippen molar-refractivity contribution in [2.45, 2.75) is 6.92 Å². The summed E-state index contributed by atoms with van der Waals surface area (Å²) in [6.07, 6.45) is 0. The minimum atomic E-state index is 0. The largest absolute Gasteiger partial charge is 0.331 e. The molecule has 0 fully saturated rings. The van der Waals surface area contributed by atoms with Crippen LogP contribution in [-0.2, 0) is 21.7 Å². The van der Waals surface area contributed by atoms with Crippen molar-refractivity contribution in [3.05, 3.63) is 0 Å². The van der Waals surface area contributed by atoms with Crippen LogP contribution < -0.4 is 5.73 Å². The molecule has 4 heavy (non-hydrogen) atoms. The Balaban J connectivity index is 0. The predicted molar refractivity (Wildman–Crippen MR) is 14.7 cm³/mol. The van der Waals surface area contributed by atoms with E-state index < -0.39 is 0 Å². The maximum atomic E-state index is 4.85. The monoisotopic (exact) mass is 93.0 g/mol. The molecule has 0 aromatic rings. The fourth-order valence-electron chi connectivity index (χ4n) is 0. The zero-order valence-corrected chi connectivity index (χ0v) is 4.35. The van der Waals surface area contributed by atoms with Crippen molar-refractivity contribution in [1.29, 1.82) is 0 Å². The van der Waals surface area contributed by atoms with E-state index in [1.807, 2.05) is 6.92 Å². The van der Waals surface area contributed by atoms with E-state index in [9.17, 15) is 0 Å². The molecule has 24 valence electrons. The maximum Gasteiger partial charge on any atom is 0 e. The van der Waals surface area contributed by atoms with Gasteiger partial charge in [0.1, 0.15) is 0 Å². The van der Waals surface area contributed by atoms with Crippen LogP contribution in [0.15, 0.2) is 0 Å². The van der Waals surface area contributed by atoms with Gasteiger partial charge in [0.15, 0.2) is 0 Å². The molecule has 0 aliphatic rings. The average molecular weight is 93.0 g/mol. The Morgan fingerprint density at radius 2 is 1.75 bits per heavy atom. The molecule has 2 heteroatoms. The number of hydrogen-bond donors (Lipinski definition) is 1. The van der Waals surface area contributed by atoms with Crippen LogP contribution in [0.5, 0.6) is 0 Å². The third kappa shape index (κ3) is 16.5. The first-order valence-electron chi connectivity index (χ1n) is 1.12. The fourth-order valence-corrected chi connectivity index (χ4v) is 0. The van der Waals surface area contributed by atoms with Crippen molar-refractivity contribution < 1.29 is 21.7 Å². The van der Waals surface area contributed by atoms with Crippen molar-refractivity contribution in [1.82, 2.24) is 0 Å². The Labute approximate surface area is 41.5 Å². The van der Waals surface area contributed by atoms with Gasteiger partial charge in [0.25, 0.3) is 0 Å². The van der Waals surface area contributed by atoms with Crippen LogP contribution in [0.3, 0.4) is 0 Å². The molecule has 0 saturated heterocycles. The van der Waals surface area contributed by atoms with Crippen LogP contribution in [0, 0.1) is 0 Å². The molecule has 0 aromatic carbocycles. The van der Waals surface area contributed by atoms with Crippen molar-refractivity contribution in [2.75, 3.05) is 6.54 Å². The minimum absolute atomic E-state index is 0. The van der Waals surface area contributed by atoms with Crippen LogP contribution in [-0.4, -0.2) is 6.54 Å². The van der Waals surface area contributed by atoms with E-state index in [4.69, 9.17) is 5.73 Å². The second kappa shape index (κ2) is 9.37. The van der Waals surface area contributed by atoms with E-state index in [1.54, 1.807) is 0 Å². The van der Waals surface area contributed by atoms with Crippen molar-refractivity contribution in [3.63, 3.8) is 0 Å². The Morgan fingerprint density at radius 1 is 1.75 bits per heavy atom. The van der Waals surface area contributed by atoms with E-state index in [1.165, 1.54) is 0 Å². The summed E-state index contributed by atoms with van der Waals surface area (Å²) in [5, 5.41) is 0. The average Bonchev–Trinajstić information content (AvgIpc) is 0.918. The van der Waals surface area contributed by atoms with Gasteiger partial charge in [-0.25, -0.2) is 0 Å². The normalized spacial score (nSPS) is 4.50. The third-order valence-corrected chi connectivity index (χ3v) is 0.